The molecule has 6 nitrogen and oxygen atoms in total. The van der Waals surface area contributed by atoms with Crippen LogP contribution in [0.1, 0.15) is 24.9 Å². The number of rotatable bonds is 5. The summed E-state index contributed by atoms with van der Waals surface area (Å²) >= 11 is 5.97. The molecule has 1 heterocycles. The van der Waals surface area contributed by atoms with Gasteiger partial charge in [-0.15, -0.1) is 0 Å². The lowest BCUT2D eigenvalue weighted by atomic mass is 10.1. The van der Waals surface area contributed by atoms with E-state index in [2.05, 4.69) is 10.3 Å². The van der Waals surface area contributed by atoms with E-state index in [-0.39, 0.29) is 24.9 Å². The van der Waals surface area contributed by atoms with Crippen molar-refractivity contribution in [2.45, 2.75) is 25.9 Å². The number of carbonyl (C=O) groups excluding carboxylic acids is 1. The lowest BCUT2D eigenvalue weighted by Gasteiger charge is -2.15. The highest BCUT2D eigenvalue weighted by molar-refractivity contribution is 6.30. The van der Waals surface area contributed by atoms with Crippen molar-refractivity contribution in [2.75, 3.05) is 0 Å². The molecule has 0 bridgehead atoms. The lowest BCUT2D eigenvalue weighted by Crippen LogP contribution is -2.33. The molecule has 1 atom stereocenters. The highest BCUT2D eigenvalue weighted by atomic mass is 35.5. The number of aryl methyl sites for hydroxylation is 1. The van der Waals surface area contributed by atoms with E-state index in [1.54, 1.807) is 36.4 Å². The molecule has 0 radical (unpaired) electrons. The SMILES string of the molecule is C[C@@H](NC(=O)CCn1c(=O)[nH]c(=O)c2ccccc21)c1cccc(Cl)c1. The van der Waals surface area contributed by atoms with Crippen molar-refractivity contribution in [1.29, 1.82) is 0 Å². The summed E-state index contributed by atoms with van der Waals surface area (Å²) in [6.45, 7) is 2.04. The number of hydrogen-bond donors (Lipinski definition) is 2. The summed E-state index contributed by atoms with van der Waals surface area (Å²) in [5.74, 6) is -0.195. The van der Waals surface area contributed by atoms with Crippen LogP contribution in [0.15, 0.2) is 58.1 Å². The number of nitrogens with one attached hydrogen (secondary N) is 2. The number of benzene rings is 2. The number of nitrogens with zero attached hydrogens (tertiary/aromatic N) is 1. The highest BCUT2D eigenvalue weighted by Gasteiger charge is 2.12. The molecule has 0 aliphatic rings. The molecule has 1 amide bonds. The Bertz CT molecular complexity index is 1070. The zero-order valence-electron chi connectivity index (χ0n) is 14.2. The first-order valence-electron chi connectivity index (χ1n) is 8.22. The van der Waals surface area contributed by atoms with E-state index in [0.29, 0.717) is 15.9 Å². The van der Waals surface area contributed by atoms with E-state index in [9.17, 15) is 14.4 Å². The number of fused-ring (bicyclic) bond motifs is 1. The smallest absolute Gasteiger partial charge is 0.328 e. The van der Waals surface area contributed by atoms with Gasteiger partial charge >= 0.3 is 5.69 Å². The molecule has 2 N–H and O–H groups in total. The van der Waals surface area contributed by atoms with Gasteiger partial charge in [-0.2, -0.15) is 0 Å². The van der Waals surface area contributed by atoms with E-state index in [0.717, 1.165) is 5.56 Å². The largest absolute Gasteiger partial charge is 0.350 e. The van der Waals surface area contributed by atoms with Crippen LogP contribution >= 0.6 is 11.6 Å². The van der Waals surface area contributed by atoms with Crippen LogP contribution < -0.4 is 16.6 Å². The maximum absolute atomic E-state index is 12.3. The fourth-order valence-electron chi connectivity index (χ4n) is 2.85. The first-order chi connectivity index (χ1) is 12.5. The first kappa shape index (κ1) is 17.9. The Labute approximate surface area is 154 Å². The first-order valence-corrected chi connectivity index (χ1v) is 8.60. The second-order valence-corrected chi connectivity index (χ2v) is 6.46. The Hall–Kier alpha value is -2.86. The van der Waals surface area contributed by atoms with Gasteiger partial charge in [0.15, 0.2) is 0 Å². The van der Waals surface area contributed by atoms with Crippen LogP contribution in [0.2, 0.25) is 5.02 Å². The Morgan fingerprint density at radius 2 is 1.96 bits per heavy atom. The van der Waals surface area contributed by atoms with Crippen LogP contribution in [-0.4, -0.2) is 15.5 Å². The molecule has 0 unspecified atom stereocenters. The predicted molar refractivity (Wildman–Crippen MR) is 101 cm³/mol. The van der Waals surface area contributed by atoms with Gasteiger partial charge in [-0.3, -0.25) is 19.1 Å². The molecule has 3 rings (SSSR count). The number of hydrogen-bond acceptors (Lipinski definition) is 3. The van der Waals surface area contributed by atoms with Gasteiger partial charge in [0.05, 0.1) is 16.9 Å². The normalized spacial score (nSPS) is 12.1. The van der Waals surface area contributed by atoms with Crippen molar-refractivity contribution in [1.82, 2.24) is 14.9 Å². The minimum atomic E-state index is -0.524. The Morgan fingerprint density at radius 3 is 2.73 bits per heavy atom. The van der Waals surface area contributed by atoms with Crippen LogP contribution in [-0.2, 0) is 11.3 Å². The summed E-state index contributed by atoms with van der Waals surface area (Å²) in [5, 5.41) is 3.91. The highest BCUT2D eigenvalue weighted by Crippen LogP contribution is 2.17. The topological polar surface area (TPSA) is 84.0 Å². The molecule has 1 aromatic heterocycles. The van der Waals surface area contributed by atoms with Crippen LogP contribution in [0.4, 0.5) is 0 Å². The summed E-state index contributed by atoms with van der Waals surface area (Å²) < 4.78 is 1.40. The number of halogens is 1. The van der Waals surface area contributed by atoms with Crippen molar-refractivity contribution >= 4 is 28.4 Å². The Morgan fingerprint density at radius 1 is 1.19 bits per heavy atom. The molecule has 0 aliphatic heterocycles. The van der Waals surface area contributed by atoms with Gasteiger partial charge in [0, 0.05) is 18.0 Å². The molecule has 134 valence electrons. The monoisotopic (exact) mass is 371 g/mol. The number of carbonyl (C=O) groups is 1. The van der Waals surface area contributed by atoms with E-state index in [1.807, 2.05) is 19.1 Å². The fraction of sp³-hybridized carbons (Fsp3) is 0.211. The molecule has 0 saturated carbocycles. The molecule has 0 aliphatic carbocycles. The third-order valence-electron chi connectivity index (χ3n) is 4.19. The maximum atomic E-state index is 12.3. The Balaban J connectivity index is 1.73. The summed E-state index contributed by atoms with van der Waals surface area (Å²) in [6.07, 6.45) is 0.112. The predicted octanol–water partition coefficient (Wildman–Crippen LogP) is 2.61. The quantitative estimate of drug-likeness (QED) is 0.723. The third-order valence-corrected chi connectivity index (χ3v) is 4.43. The van der Waals surface area contributed by atoms with Crippen molar-refractivity contribution in [3.63, 3.8) is 0 Å². The lowest BCUT2D eigenvalue weighted by molar-refractivity contribution is -0.121. The number of aromatic nitrogens is 2. The minimum absolute atomic E-state index is 0.112. The van der Waals surface area contributed by atoms with Crippen LogP contribution in [0.25, 0.3) is 10.9 Å². The molecule has 0 fully saturated rings. The maximum Gasteiger partial charge on any atom is 0.328 e. The van der Waals surface area contributed by atoms with Gasteiger partial charge in [-0.1, -0.05) is 35.9 Å². The number of para-hydroxylation sites is 1. The number of H-pyrrole nitrogens is 1. The third kappa shape index (κ3) is 3.86. The van der Waals surface area contributed by atoms with Gasteiger partial charge in [-0.05, 0) is 36.8 Å². The van der Waals surface area contributed by atoms with Crippen LogP contribution in [0.5, 0.6) is 0 Å². The minimum Gasteiger partial charge on any atom is -0.350 e. The molecule has 0 saturated heterocycles. The fourth-order valence-corrected chi connectivity index (χ4v) is 3.05. The number of aromatic amines is 1. The van der Waals surface area contributed by atoms with Gasteiger partial charge in [0.25, 0.3) is 5.56 Å². The molecule has 3 aromatic rings. The molecule has 7 heteroatoms. The van der Waals surface area contributed by atoms with Crippen molar-refractivity contribution in [2.24, 2.45) is 0 Å². The zero-order valence-corrected chi connectivity index (χ0v) is 14.9. The van der Waals surface area contributed by atoms with E-state index in [1.165, 1.54) is 4.57 Å². The van der Waals surface area contributed by atoms with Gasteiger partial charge in [0.1, 0.15) is 0 Å². The zero-order chi connectivity index (χ0) is 18.7. The Kier molecular flexibility index (Phi) is 5.23. The van der Waals surface area contributed by atoms with Gasteiger partial charge in [0.2, 0.25) is 5.91 Å². The summed E-state index contributed by atoms with van der Waals surface area (Å²) in [6, 6.07) is 13.9. The number of amides is 1. The molecular formula is C19H18ClN3O3. The summed E-state index contributed by atoms with van der Waals surface area (Å²) in [5.41, 5.74) is 0.458. The molecular weight excluding hydrogens is 354 g/mol. The second kappa shape index (κ2) is 7.58. The van der Waals surface area contributed by atoms with Crippen molar-refractivity contribution in [3.8, 4) is 0 Å². The average Bonchev–Trinajstić information content (AvgIpc) is 2.61. The van der Waals surface area contributed by atoms with E-state index >= 15 is 0 Å². The molecule has 26 heavy (non-hydrogen) atoms. The second-order valence-electron chi connectivity index (χ2n) is 6.02. The van der Waals surface area contributed by atoms with Crippen LogP contribution in [0.3, 0.4) is 0 Å². The molecule has 2 aromatic carbocycles. The van der Waals surface area contributed by atoms with Gasteiger partial charge in [-0.25, -0.2) is 4.79 Å². The van der Waals surface area contributed by atoms with Crippen molar-refractivity contribution < 1.29 is 4.79 Å². The summed E-state index contributed by atoms with van der Waals surface area (Å²) in [4.78, 5) is 38.5. The van der Waals surface area contributed by atoms with E-state index in [4.69, 9.17) is 11.6 Å². The van der Waals surface area contributed by atoms with Gasteiger partial charge < -0.3 is 5.32 Å². The standard InChI is InChI=1S/C19H18ClN3O3/c1-12(13-5-4-6-14(20)11-13)21-17(24)9-10-23-16-8-3-2-7-15(16)18(25)22-19(23)26/h2-8,11-12H,9-10H2,1H3,(H,21,24)(H,22,25,26)/t12-/m1/s1. The summed E-state index contributed by atoms with van der Waals surface area (Å²) in [7, 11) is 0. The van der Waals surface area contributed by atoms with Crippen molar-refractivity contribution in [3.05, 3.63) is 80.0 Å². The average molecular weight is 372 g/mol. The molecule has 0 spiro atoms. The van der Waals surface area contributed by atoms with Crippen LogP contribution in [0, 0.1) is 0 Å². The van der Waals surface area contributed by atoms with E-state index < -0.39 is 11.2 Å².